The Labute approximate surface area is 234 Å². The maximum Gasteiger partial charge on any atom is 0.303 e. The van der Waals surface area contributed by atoms with E-state index in [9.17, 15) is 33.5 Å². The molecule has 0 aromatic heterocycles. The minimum atomic E-state index is -1.53. The topological polar surface area (TPSA) is 161 Å². The van der Waals surface area contributed by atoms with E-state index in [1.165, 1.54) is 30.3 Å². The van der Waals surface area contributed by atoms with E-state index in [0.29, 0.717) is 0 Å². The molecule has 3 rings (SSSR count). The van der Waals surface area contributed by atoms with E-state index in [2.05, 4.69) is 0 Å². The first-order chi connectivity index (χ1) is 19.3. The van der Waals surface area contributed by atoms with Gasteiger partial charge in [-0.1, -0.05) is 18.2 Å². The molecule has 0 aliphatic carbocycles. The van der Waals surface area contributed by atoms with Gasteiger partial charge in [0.2, 0.25) is 12.4 Å². The van der Waals surface area contributed by atoms with Crippen LogP contribution in [0, 0.1) is 5.82 Å². The monoisotopic (exact) mass is 576 g/mol. The molecule has 0 radical (unpaired) electrons. The lowest BCUT2D eigenvalue weighted by molar-refractivity contribution is -0.288. The summed E-state index contributed by atoms with van der Waals surface area (Å²) in [7, 11) is 0. The van der Waals surface area contributed by atoms with Crippen molar-refractivity contribution in [2.75, 3.05) is 6.61 Å². The van der Waals surface area contributed by atoms with Crippen LogP contribution < -0.4 is 4.74 Å². The lowest BCUT2D eigenvalue weighted by Crippen LogP contribution is -2.63. The summed E-state index contributed by atoms with van der Waals surface area (Å²) in [5, 5.41) is 10.6. The van der Waals surface area contributed by atoms with Crippen LogP contribution in [0.5, 0.6) is 11.5 Å². The van der Waals surface area contributed by atoms with Crippen LogP contribution in [0.2, 0.25) is 0 Å². The van der Waals surface area contributed by atoms with Crippen molar-refractivity contribution in [1.29, 1.82) is 0 Å². The van der Waals surface area contributed by atoms with Gasteiger partial charge in [0, 0.05) is 40.2 Å². The van der Waals surface area contributed by atoms with Gasteiger partial charge >= 0.3 is 23.9 Å². The molecule has 1 aliphatic rings. The Bertz CT molecular complexity index is 1310. The van der Waals surface area contributed by atoms with Gasteiger partial charge in [-0.3, -0.25) is 24.0 Å². The van der Waals surface area contributed by atoms with Crippen molar-refractivity contribution >= 4 is 29.7 Å². The van der Waals surface area contributed by atoms with E-state index in [-0.39, 0.29) is 23.3 Å². The Balaban J connectivity index is 1.92. The number of carbonyl (C=O) groups is 5. The van der Waals surface area contributed by atoms with E-state index in [1.54, 1.807) is 6.07 Å². The Kier molecular flexibility index (Phi) is 10.4. The Morgan fingerprint density at radius 1 is 0.829 bits per heavy atom. The molecule has 5 atom stereocenters. The third-order valence-electron chi connectivity index (χ3n) is 5.78. The number of ketones is 1. The summed E-state index contributed by atoms with van der Waals surface area (Å²) in [6, 6.07) is 9.38. The van der Waals surface area contributed by atoms with Crippen molar-refractivity contribution in [3.8, 4) is 11.5 Å². The first kappa shape index (κ1) is 31.0. The first-order valence-electron chi connectivity index (χ1n) is 12.4. The third kappa shape index (κ3) is 8.48. The average molecular weight is 577 g/mol. The van der Waals surface area contributed by atoms with Crippen LogP contribution in [-0.4, -0.2) is 72.1 Å². The number of carbonyl (C=O) groups excluding carboxylic acids is 5. The molecule has 1 saturated heterocycles. The zero-order valence-electron chi connectivity index (χ0n) is 22.7. The number of hydrogen-bond acceptors (Lipinski definition) is 12. The number of halogens is 1. The quantitative estimate of drug-likeness (QED) is 0.250. The number of rotatable bonds is 10. The van der Waals surface area contributed by atoms with Gasteiger partial charge in [0.1, 0.15) is 30.0 Å². The second kappa shape index (κ2) is 13.7. The molecule has 1 fully saturated rings. The van der Waals surface area contributed by atoms with Crippen molar-refractivity contribution in [1.82, 2.24) is 0 Å². The number of Topliss-reactive ketones (excluding diaryl/α,β-unsaturated/α-hetero) is 1. The molecule has 41 heavy (non-hydrogen) atoms. The van der Waals surface area contributed by atoms with Crippen molar-refractivity contribution in [2.24, 2.45) is 0 Å². The van der Waals surface area contributed by atoms with Crippen LogP contribution in [-0.2, 0) is 49.3 Å². The summed E-state index contributed by atoms with van der Waals surface area (Å²) in [6.45, 7) is 3.94. The van der Waals surface area contributed by atoms with E-state index in [4.69, 9.17) is 28.4 Å². The summed E-state index contributed by atoms with van der Waals surface area (Å²) in [4.78, 5) is 59.9. The highest BCUT2D eigenvalue weighted by Crippen LogP contribution is 2.33. The fraction of sp³-hybridized carbons (Fsp3) is 0.393. The summed E-state index contributed by atoms with van der Waals surface area (Å²) in [5.74, 6) is -4.78. The predicted octanol–water partition coefficient (Wildman–Crippen LogP) is 2.42. The number of aromatic hydroxyl groups is 1. The number of esters is 4. The Hall–Kier alpha value is -4.52. The molecule has 2 aromatic rings. The molecule has 1 N–H and O–H groups in total. The molecular weight excluding hydrogens is 547 g/mol. The predicted molar refractivity (Wildman–Crippen MR) is 135 cm³/mol. The maximum absolute atomic E-state index is 14.0. The summed E-state index contributed by atoms with van der Waals surface area (Å²) < 4.78 is 46.6. The van der Waals surface area contributed by atoms with Gasteiger partial charge in [-0.2, -0.15) is 0 Å². The molecule has 13 heteroatoms. The van der Waals surface area contributed by atoms with Crippen LogP contribution in [0.4, 0.5) is 4.39 Å². The first-order valence-corrected chi connectivity index (χ1v) is 12.4. The number of phenolic OH excluding ortho intramolecular Hbond substituents is 1. The third-order valence-corrected chi connectivity index (χ3v) is 5.78. The van der Waals surface area contributed by atoms with Crippen molar-refractivity contribution in [3.05, 3.63) is 59.4 Å². The lowest BCUT2D eigenvalue weighted by Gasteiger charge is -2.43. The van der Waals surface area contributed by atoms with Crippen LogP contribution in [0.25, 0.3) is 0 Å². The van der Waals surface area contributed by atoms with Crippen LogP contribution >= 0.6 is 0 Å². The fourth-order valence-electron chi connectivity index (χ4n) is 4.15. The molecule has 0 unspecified atom stereocenters. The van der Waals surface area contributed by atoms with Gasteiger partial charge in [-0.05, 0) is 23.8 Å². The number of benzene rings is 2. The van der Waals surface area contributed by atoms with Crippen LogP contribution in [0.3, 0.4) is 0 Å². The second-order valence-corrected chi connectivity index (χ2v) is 9.06. The molecule has 1 aliphatic heterocycles. The fourth-order valence-corrected chi connectivity index (χ4v) is 4.15. The number of ether oxygens (including phenoxy) is 6. The van der Waals surface area contributed by atoms with Crippen LogP contribution in [0.1, 0.15) is 43.6 Å². The van der Waals surface area contributed by atoms with E-state index < -0.39 is 78.5 Å². The number of hydrogen-bond donors (Lipinski definition) is 1. The smallest absolute Gasteiger partial charge is 0.303 e. The summed E-state index contributed by atoms with van der Waals surface area (Å²) in [6.07, 6.45) is -7.38. The van der Waals surface area contributed by atoms with E-state index >= 15 is 0 Å². The Morgan fingerprint density at radius 2 is 1.44 bits per heavy atom. The molecule has 0 amide bonds. The molecule has 12 nitrogen and oxygen atoms in total. The average Bonchev–Trinajstić information content (AvgIpc) is 2.87. The minimum absolute atomic E-state index is 0.0640. The van der Waals surface area contributed by atoms with Crippen molar-refractivity contribution < 1.29 is 61.9 Å². The molecule has 0 spiro atoms. The van der Waals surface area contributed by atoms with Gasteiger partial charge in [0.15, 0.2) is 18.0 Å². The zero-order valence-corrected chi connectivity index (χ0v) is 22.7. The minimum Gasteiger partial charge on any atom is -0.507 e. The van der Waals surface area contributed by atoms with Gasteiger partial charge < -0.3 is 33.5 Å². The van der Waals surface area contributed by atoms with Gasteiger partial charge in [0.05, 0.1) is 5.56 Å². The SMILES string of the molecule is CC(=O)OC[C@@H]1O[C@H](Oc2ccc(C(=O)Cc3ccccc3F)c(O)c2)[C@H](OC(C)=O)[C@H](OC(C)=O)[C@@H]1OC(C)=O. The van der Waals surface area contributed by atoms with E-state index in [1.807, 2.05) is 0 Å². The van der Waals surface area contributed by atoms with Gasteiger partial charge in [-0.25, -0.2) is 4.39 Å². The molecular formula is C28H29FO12. The van der Waals surface area contributed by atoms with Crippen molar-refractivity contribution in [3.63, 3.8) is 0 Å². The highest BCUT2D eigenvalue weighted by atomic mass is 19.1. The van der Waals surface area contributed by atoms with Gasteiger partial charge in [0.25, 0.3) is 0 Å². The largest absolute Gasteiger partial charge is 0.507 e. The van der Waals surface area contributed by atoms with Crippen LogP contribution in [0.15, 0.2) is 42.5 Å². The standard InChI is InChI=1S/C28H29FO12/c1-14(30)36-13-24-25(37-15(2)31)26(38-16(3)32)27(39-17(4)33)28(41-24)40-19-9-10-20(23(35)12-19)22(34)11-18-7-5-6-8-21(18)29/h5-10,12,24-28,35H,11,13H2,1-4H3/t24-,25+,26+,27+,28-/m0/s1. The molecule has 0 bridgehead atoms. The molecule has 0 saturated carbocycles. The highest BCUT2D eigenvalue weighted by Gasteiger charge is 2.53. The van der Waals surface area contributed by atoms with Gasteiger partial charge in [-0.15, -0.1) is 0 Å². The molecule has 2 aromatic carbocycles. The molecule has 220 valence electrons. The normalized spacial score (nSPS) is 21.7. The maximum atomic E-state index is 14.0. The summed E-state index contributed by atoms with van der Waals surface area (Å²) in [5.41, 5.74) is 0.0388. The van der Waals surface area contributed by atoms with E-state index in [0.717, 1.165) is 33.8 Å². The van der Waals surface area contributed by atoms with Crippen molar-refractivity contribution in [2.45, 2.75) is 64.8 Å². The molecule has 1 heterocycles. The zero-order chi connectivity index (χ0) is 30.3. The Morgan fingerprint density at radius 3 is 2.02 bits per heavy atom. The number of phenols is 1. The summed E-state index contributed by atoms with van der Waals surface area (Å²) >= 11 is 0. The second-order valence-electron chi connectivity index (χ2n) is 9.06. The highest BCUT2D eigenvalue weighted by molar-refractivity contribution is 6.00. The lowest BCUT2D eigenvalue weighted by atomic mass is 9.98.